The third-order valence-electron chi connectivity index (χ3n) is 1.83. The second kappa shape index (κ2) is 4.31. The van der Waals surface area contributed by atoms with E-state index in [0.717, 1.165) is 18.2 Å². The van der Waals surface area contributed by atoms with Crippen LogP contribution in [0.4, 0.5) is 8.78 Å². The third kappa shape index (κ3) is 2.46. The Labute approximate surface area is 99.9 Å². The van der Waals surface area contributed by atoms with Gasteiger partial charge in [0.2, 0.25) is 5.28 Å². The Kier molecular flexibility index (Phi) is 3.03. The maximum Gasteiger partial charge on any atom is 0.224 e. The maximum absolute atomic E-state index is 13.0. The summed E-state index contributed by atoms with van der Waals surface area (Å²) in [7, 11) is 0. The molecule has 0 aliphatic heterocycles. The van der Waals surface area contributed by atoms with Gasteiger partial charge in [-0.1, -0.05) is 11.6 Å². The van der Waals surface area contributed by atoms with Gasteiger partial charge in [-0.05, 0) is 23.7 Å². The highest BCUT2D eigenvalue weighted by Crippen LogP contribution is 2.23. The van der Waals surface area contributed by atoms with Gasteiger partial charge in [0, 0.05) is 17.7 Å². The SMILES string of the molecule is Fc1cc(F)cc(-c2cc(Cl)nc(Cl)n2)c1. The molecular formula is C10H4Cl2F2N2. The minimum atomic E-state index is -0.694. The molecule has 0 N–H and O–H groups in total. The van der Waals surface area contributed by atoms with Crippen LogP contribution in [0.5, 0.6) is 0 Å². The van der Waals surface area contributed by atoms with Crippen LogP contribution in [0.1, 0.15) is 0 Å². The van der Waals surface area contributed by atoms with Crippen molar-refractivity contribution in [3.63, 3.8) is 0 Å². The van der Waals surface area contributed by atoms with Gasteiger partial charge in [-0.3, -0.25) is 0 Å². The summed E-state index contributed by atoms with van der Waals surface area (Å²) < 4.78 is 25.9. The summed E-state index contributed by atoms with van der Waals surface area (Å²) in [4.78, 5) is 7.46. The van der Waals surface area contributed by atoms with E-state index < -0.39 is 11.6 Å². The van der Waals surface area contributed by atoms with E-state index in [1.54, 1.807) is 0 Å². The molecule has 0 atom stereocenters. The van der Waals surface area contributed by atoms with Gasteiger partial charge in [0.05, 0.1) is 5.69 Å². The van der Waals surface area contributed by atoms with Gasteiger partial charge in [0.15, 0.2) is 0 Å². The molecule has 0 fully saturated rings. The Morgan fingerprint density at radius 3 is 2.06 bits per heavy atom. The molecule has 0 aliphatic rings. The monoisotopic (exact) mass is 260 g/mol. The molecule has 0 radical (unpaired) electrons. The number of benzene rings is 1. The normalized spacial score (nSPS) is 10.5. The summed E-state index contributed by atoms with van der Waals surface area (Å²) in [5, 5.41) is 0.0341. The van der Waals surface area contributed by atoms with Gasteiger partial charge >= 0.3 is 0 Å². The quantitative estimate of drug-likeness (QED) is 0.577. The van der Waals surface area contributed by atoms with Crippen LogP contribution in [0, 0.1) is 11.6 Å². The van der Waals surface area contributed by atoms with Crippen LogP contribution >= 0.6 is 23.2 Å². The molecule has 2 aromatic rings. The van der Waals surface area contributed by atoms with E-state index in [0.29, 0.717) is 0 Å². The van der Waals surface area contributed by atoms with Crippen molar-refractivity contribution in [3.8, 4) is 11.3 Å². The molecule has 0 aliphatic carbocycles. The van der Waals surface area contributed by atoms with Crippen molar-refractivity contribution in [2.24, 2.45) is 0 Å². The molecule has 0 spiro atoms. The summed E-state index contributed by atoms with van der Waals surface area (Å²) in [6.45, 7) is 0. The first-order valence-corrected chi connectivity index (χ1v) is 4.97. The molecule has 0 bridgehead atoms. The smallest absolute Gasteiger partial charge is 0.218 e. The Morgan fingerprint density at radius 1 is 0.875 bits per heavy atom. The fourth-order valence-corrected chi connectivity index (χ4v) is 1.65. The van der Waals surface area contributed by atoms with Gasteiger partial charge in [-0.15, -0.1) is 0 Å². The van der Waals surface area contributed by atoms with E-state index >= 15 is 0 Å². The standard InChI is InChI=1S/C10H4Cl2F2N2/c11-9-4-8(15-10(12)16-9)5-1-6(13)3-7(14)2-5/h1-4H. The molecule has 16 heavy (non-hydrogen) atoms. The van der Waals surface area contributed by atoms with Crippen molar-refractivity contribution in [3.05, 3.63) is 46.3 Å². The summed E-state index contributed by atoms with van der Waals surface area (Å²) in [5.74, 6) is -1.39. The van der Waals surface area contributed by atoms with Crippen molar-refractivity contribution in [2.75, 3.05) is 0 Å². The predicted molar refractivity (Wildman–Crippen MR) is 57.4 cm³/mol. The second-order valence-electron chi connectivity index (χ2n) is 3.00. The lowest BCUT2D eigenvalue weighted by Gasteiger charge is -2.02. The minimum absolute atomic E-state index is 0.0767. The first kappa shape index (κ1) is 11.2. The fourth-order valence-electron chi connectivity index (χ4n) is 1.24. The predicted octanol–water partition coefficient (Wildman–Crippen LogP) is 3.73. The van der Waals surface area contributed by atoms with Crippen LogP contribution in [0.25, 0.3) is 11.3 Å². The molecule has 0 saturated carbocycles. The lowest BCUT2D eigenvalue weighted by molar-refractivity contribution is 0.584. The highest BCUT2D eigenvalue weighted by Gasteiger charge is 2.07. The number of hydrogen-bond donors (Lipinski definition) is 0. The number of aromatic nitrogens is 2. The molecule has 82 valence electrons. The van der Waals surface area contributed by atoms with Crippen LogP contribution in [0.3, 0.4) is 0 Å². The topological polar surface area (TPSA) is 25.8 Å². The van der Waals surface area contributed by atoms with E-state index in [1.165, 1.54) is 6.07 Å². The molecule has 1 aromatic carbocycles. The molecule has 1 heterocycles. The largest absolute Gasteiger partial charge is 0.224 e. The third-order valence-corrected chi connectivity index (χ3v) is 2.19. The second-order valence-corrected chi connectivity index (χ2v) is 3.73. The zero-order valence-corrected chi connectivity index (χ0v) is 9.23. The Balaban J connectivity index is 2.57. The zero-order valence-electron chi connectivity index (χ0n) is 7.72. The van der Waals surface area contributed by atoms with Gasteiger partial charge in [0.25, 0.3) is 0 Å². The van der Waals surface area contributed by atoms with Crippen molar-refractivity contribution < 1.29 is 8.78 Å². The van der Waals surface area contributed by atoms with E-state index in [4.69, 9.17) is 23.2 Å². The zero-order chi connectivity index (χ0) is 11.7. The maximum atomic E-state index is 13.0. The lowest BCUT2D eigenvalue weighted by atomic mass is 10.1. The molecule has 1 aromatic heterocycles. The van der Waals surface area contributed by atoms with Crippen LogP contribution in [0.15, 0.2) is 24.3 Å². The molecule has 0 saturated heterocycles. The molecule has 0 amide bonds. The summed E-state index contributed by atoms with van der Waals surface area (Å²) in [6.07, 6.45) is 0. The summed E-state index contributed by atoms with van der Waals surface area (Å²) in [6, 6.07) is 4.42. The van der Waals surface area contributed by atoms with Crippen LogP contribution in [-0.2, 0) is 0 Å². The van der Waals surface area contributed by atoms with E-state index in [9.17, 15) is 8.78 Å². The highest BCUT2D eigenvalue weighted by atomic mass is 35.5. The number of nitrogens with zero attached hydrogens (tertiary/aromatic N) is 2. The van der Waals surface area contributed by atoms with Crippen LogP contribution in [-0.4, -0.2) is 9.97 Å². The first-order chi connectivity index (χ1) is 7.54. The number of rotatable bonds is 1. The van der Waals surface area contributed by atoms with Crippen LogP contribution < -0.4 is 0 Å². The fraction of sp³-hybridized carbons (Fsp3) is 0. The van der Waals surface area contributed by atoms with Gasteiger partial charge in [0.1, 0.15) is 16.8 Å². The highest BCUT2D eigenvalue weighted by molar-refractivity contribution is 6.32. The average Bonchev–Trinajstić information content (AvgIpc) is 2.14. The molecule has 2 nitrogen and oxygen atoms in total. The Hall–Kier alpha value is -1.26. The van der Waals surface area contributed by atoms with Crippen molar-refractivity contribution in [2.45, 2.75) is 0 Å². The van der Waals surface area contributed by atoms with Gasteiger partial charge in [-0.2, -0.15) is 0 Å². The van der Waals surface area contributed by atoms with Crippen molar-refractivity contribution in [1.29, 1.82) is 0 Å². The molecule has 2 rings (SSSR count). The Bertz CT molecular complexity index is 456. The Morgan fingerprint density at radius 2 is 1.50 bits per heavy atom. The average molecular weight is 261 g/mol. The van der Waals surface area contributed by atoms with Gasteiger partial charge in [-0.25, -0.2) is 18.7 Å². The van der Waals surface area contributed by atoms with Crippen LogP contribution in [0.2, 0.25) is 10.4 Å². The number of hydrogen-bond acceptors (Lipinski definition) is 2. The van der Waals surface area contributed by atoms with Crippen molar-refractivity contribution in [1.82, 2.24) is 9.97 Å². The van der Waals surface area contributed by atoms with E-state index in [2.05, 4.69) is 9.97 Å². The summed E-state index contributed by atoms with van der Waals surface area (Å²) >= 11 is 11.2. The van der Waals surface area contributed by atoms with E-state index in [1.807, 2.05) is 0 Å². The van der Waals surface area contributed by atoms with Crippen molar-refractivity contribution >= 4 is 23.2 Å². The molecular weight excluding hydrogens is 257 g/mol. The lowest BCUT2D eigenvalue weighted by Crippen LogP contribution is -1.90. The summed E-state index contributed by atoms with van der Waals surface area (Å²) in [5.41, 5.74) is 0.520. The molecule has 6 heteroatoms. The number of halogens is 4. The van der Waals surface area contributed by atoms with E-state index in [-0.39, 0.29) is 21.7 Å². The molecule has 0 unspecified atom stereocenters. The first-order valence-electron chi connectivity index (χ1n) is 4.21. The minimum Gasteiger partial charge on any atom is -0.218 e. The van der Waals surface area contributed by atoms with Gasteiger partial charge < -0.3 is 0 Å².